The van der Waals surface area contributed by atoms with E-state index in [-0.39, 0.29) is 24.6 Å². The number of carbonyl (C=O) groups excluding carboxylic acids is 1. The Hall–Kier alpha value is -2.65. The van der Waals surface area contributed by atoms with Gasteiger partial charge in [0.05, 0.1) is 17.8 Å². The third-order valence-corrected chi connectivity index (χ3v) is 5.40. The predicted octanol–water partition coefficient (Wildman–Crippen LogP) is 2.90. The van der Waals surface area contributed by atoms with Crippen LogP contribution < -0.4 is 15.2 Å². The summed E-state index contributed by atoms with van der Waals surface area (Å²) in [6.07, 6.45) is 3.06. The van der Waals surface area contributed by atoms with Crippen molar-refractivity contribution >= 4 is 23.2 Å². The highest BCUT2D eigenvalue weighted by atomic mass is 35.5. The maximum absolute atomic E-state index is 13.0. The van der Waals surface area contributed by atoms with Crippen molar-refractivity contribution in [1.82, 2.24) is 9.36 Å². The molecule has 7 heteroatoms. The van der Waals surface area contributed by atoms with Gasteiger partial charge in [0.2, 0.25) is 0 Å². The number of ether oxygens (including phenoxy) is 1. The molecule has 0 saturated carbocycles. The van der Waals surface area contributed by atoms with E-state index in [0.29, 0.717) is 34.3 Å². The summed E-state index contributed by atoms with van der Waals surface area (Å²) in [7, 11) is 0. The van der Waals surface area contributed by atoms with Gasteiger partial charge >= 0.3 is 0 Å². The monoisotopic (exact) mass is 385 g/mol. The number of benzene rings is 1. The van der Waals surface area contributed by atoms with Crippen molar-refractivity contribution in [1.29, 1.82) is 0 Å². The highest BCUT2D eigenvalue weighted by molar-refractivity contribution is 6.32. The molecule has 2 aromatic rings. The topological polar surface area (TPSA) is 56.5 Å². The Balaban J connectivity index is 1.83. The normalized spacial score (nSPS) is 15.9. The molecule has 1 amide bonds. The second kappa shape index (κ2) is 7.16. The number of halogens is 1. The van der Waals surface area contributed by atoms with Crippen LogP contribution in [-0.4, -0.2) is 28.4 Å². The van der Waals surface area contributed by atoms with Crippen molar-refractivity contribution < 1.29 is 9.53 Å². The molecule has 0 spiro atoms. The Bertz CT molecular complexity index is 1030. The SMILES string of the molecule is CC#CCN1C(=O)COc2ccc(-c3c(Cl)n4n(c3=O)CCCCC4)cc21. The number of anilines is 1. The van der Waals surface area contributed by atoms with Crippen LogP contribution >= 0.6 is 11.6 Å². The zero-order valence-electron chi connectivity index (χ0n) is 15.1. The quantitative estimate of drug-likeness (QED) is 0.747. The molecule has 6 nitrogen and oxygen atoms in total. The molecule has 0 unspecified atom stereocenters. The lowest BCUT2D eigenvalue weighted by molar-refractivity contribution is -0.121. The van der Waals surface area contributed by atoms with E-state index >= 15 is 0 Å². The van der Waals surface area contributed by atoms with E-state index in [1.807, 2.05) is 10.7 Å². The number of amides is 1. The minimum atomic E-state index is -0.155. The minimum absolute atomic E-state index is 0.0122. The van der Waals surface area contributed by atoms with Gasteiger partial charge in [0.25, 0.3) is 11.5 Å². The average molecular weight is 386 g/mol. The van der Waals surface area contributed by atoms with Crippen molar-refractivity contribution in [2.75, 3.05) is 18.1 Å². The number of aromatic nitrogens is 2. The first kappa shape index (κ1) is 17.7. The summed E-state index contributed by atoms with van der Waals surface area (Å²) in [5.41, 5.74) is 1.68. The Morgan fingerprint density at radius 2 is 1.93 bits per heavy atom. The third kappa shape index (κ3) is 3.02. The molecule has 0 aliphatic carbocycles. The van der Waals surface area contributed by atoms with Crippen LogP contribution in [0.25, 0.3) is 11.1 Å². The molecule has 0 fully saturated rings. The molecule has 0 atom stereocenters. The minimum Gasteiger partial charge on any atom is -0.482 e. The Morgan fingerprint density at radius 3 is 2.70 bits per heavy atom. The van der Waals surface area contributed by atoms with Crippen LogP contribution in [0.15, 0.2) is 23.0 Å². The molecular weight excluding hydrogens is 366 g/mol. The van der Waals surface area contributed by atoms with Crippen LogP contribution in [0.1, 0.15) is 26.2 Å². The summed E-state index contributed by atoms with van der Waals surface area (Å²) in [4.78, 5) is 26.9. The second-order valence-corrected chi connectivity index (χ2v) is 7.01. The fourth-order valence-corrected chi connectivity index (χ4v) is 4.00. The molecule has 0 saturated heterocycles. The van der Waals surface area contributed by atoms with Gasteiger partial charge in [-0.15, -0.1) is 5.92 Å². The van der Waals surface area contributed by atoms with Crippen molar-refractivity contribution in [3.63, 3.8) is 0 Å². The van der Waals surface area contributed by atoms with Crippen LogP contribution in [-0.2, 0) is 17.9 Å². The van der Waals surface area contributed by atoms with Crippen LogP contribution in [0, 0.1) is 11.8 Å². The molecule has 2 aliphatic rings. The molecule has 140 valence electrons. The average Bonchev–Trinajstić information content (AvgIpc) is 2.84. The fourth-order valence-electron chi connectivity index (χ4n) is 3.63. The first-order valence-corrected chi connectivity index (χ1v) is 9.46. The maximum atomic E-state index is 13.0. The van der Waals surface area contributed by atoms with Gasteiger partial charge in [-0.25, -0.2) is 4.68 Å². The number of nitrogens with zero attached hydrogens (tertiary/aromatic N) is 3. The lowest BCUT2D eigenvalue weighted by Gasteiger charge is -2.28. The molecule has 1 aromatic carbocycles. The van der Waals surface area contributed by atoms with E-state index < -0.39 is 0 Å². The molecule has 0 radical (unpaired) electrons. The van der Waals surface area contributed by atoms with Gasteiger partial charge in [-0.05, 0) is 43.9 Å². The molecule has 0 N–H and O–H groups in total. The summed E-state index contributed by atoms with van der Waals surface area (Å²) < 4.78 is 9.13. The number of carbonyl (C=O) groups is 1. The number of hydrogen-bond donors (Lipinski definition) is 0. The molecule has 27 heavy (non-hydrogen) atoms. The summed E-state index contributed by atoms with van der Waals surface area (Å²) in [5.74, 6) is 6.18. The lowest BCUT2D eigenvalue weighted by atomic mass is 10.1. The lowest BCUT2D eigenvalue weighted by Crippen LogP contribution is -2.39. The Morgan fingerprint density at radius 1 is 1.15 bits per heavy atom. The highest BCUT2D eigenvalue weighted by Gasteiger charge is 2.27. The van der Waals surface area contributed by atoms with Gasteiger partial charge in [-0.2, -0.15) is 0 Å². The fraction of sp³-hybridized carbons (Fsp3) is 0.400. The van der Waals surface area contributed by atoms with Gasteiger partial charge in [0, 0.05) is 13.1 Å². The molecule has 3 heterocycles. The summed E-state index contributed by atoms with van der Waals surface area (Å²) in [6.45, 7) is 3.41. The molecule has 1 aromatic heterocycles. The van der Waals surface area contributed by atoms with Crippen molar-refractivity contribution in [2.24, 2.45) is 0 Å². The van der Waals surface area contributed by atoms with Crippen LogP contribution in [0.4, 0.5) is 5.69 Å². The molecule has 2 aliphatic heterocycles. The van der Waals surface area contributed by atoms with Gasteiger partial charge < -0.3 is 4.74 Å². The third-order valence-electron chi connectivity index (χ3n) is 5.02. The van der Waals surface area contributed by atoms with Crippen LogP contribution in [0.2, 0.25) is 5.15 Å². The van der Waals surface area contributed by atoms with Crippen molar-refractivity contribution in [3.8, 4) is 28.7 Å². The zero-order chi connectivity index (χ0) is 19.0. The van der Waals surface area contributed by atoms with Crippen molar-refractivity contribution in [2.45, 2.75) is 39.3 Å². The Labute approximate surface area is 162 Å². The molecular formula is C20H20ClN3O3. The van der Waals surface area contributed by atoms with Gasteiger partial charge in [-0.1, -0.05) is 23.6 Å². The first-order chi connectivity index (χ1) is 13.1. The van der Waals surface area contributed by atoms with E-state index in [9.17, 15) is 9.59 Å². The predicted molar refractivity (Wildman–Crippen MR) is 104 cm³/mol. The van der Waals surface area contributed by atoms with E-state index in [1.165, 1.54) is 0 Å². The standard InChI is InChI=1S/C20H20ClN3O3/c1-2-3-9-22-15-12-14(7-8-16(15)27-13-17(22)25)18-19(21)23-10-5-4-6-11-24(23)20(18)26/h7-8,12H,4-6,9-11,13H2,1H3. The summed E-state index contributed by atoms with van der Waals surface area (Å²) in [6, 6.07) is 5.40. The van der Waals surface area contributed by atoms with E-state index in [0.717, 1.165) is 25.8 Å². The maximum Gasteiger partial charge on any atom is 0.276 e. The first-order valence-electron chi connectivity index (χ1n) is 9.08. The van der Waals surface area contributed by atoms with E-state index in [4.69, 9.17) is 16.3 Å². The number of hydrogen-bond acceptors (Lipinski definition) is 3. The van der Waals surface area contributed by atoms with Gasteiger partial charge in [-0.3, -0.25) is 19.2 Å². The summed E-state index contributed by atoms with van der Waals surface area (Å²) in [5, 5.41) is 0.449. The van der Waals surface area contributed by atoms with Gasteiger partial charge in [0.15, 0.2) is 6.61 Å². The van der Waals surface area contributed by atoms with Crippen molar-refractivity contribution in [3.05, 3.63) is 33.7 Å². The Kier molecular flexibility index (Phi) is 4.71. The number of rotatable bonds is 2. The van der Waals surface area contributed by atoms with Crippen LogP contribution in [0.3, 0.4) is 0 Å². The largest absolute Gasteiger partial charge is 0.482 e. The van der Waals surface area contributed by atoms with Gasteiger partial charge in [0.1, 0.15) is 10.9 Å². The highest BCUT2D eigenvalue weighted by Crippen LogP contribution is 2.37. The zero-order valence-corrected chi connectivity index (χ0v) is 15.9. The molecule has 0 bridgehead atoms. The summed E-state index contributed by atoms with van der Waals surface area (Å²) >= 11 is 6.59. The smallest absolute Gasteiger partial charge is 0.276 e. The second-order valence-electron chi connectivity index (χ2n) is 6.66. The molecule has 4 rings (SSSR count). The van der Waals surface area contributed by atoms with Crippen LogP contribution in [0.5, 0.6) is 5.75 Å². The number of fused-ring (bicyclic) bond motifs is 2. The van der Waals surface area contributed by atoms with E-state index in [2.05, 4.69) is 11.8 Å². The van der Waals surface area contributed by atoms with E-state index in [1.54, 1.807) is 28.6 Å².